The van der Waals surface area contributed by atoms with Crippen molar-refractivity contribution < 1.29 is 4.92 Å². The molecule has 2 aliphatic heterocycles. The molecule has 0 bridgehead atoms. The largest absolute Gasteiger partial charge is 0.393 e. The van der Waals surface area contributed by atoms with E-state index in [9.17, 15) is 10.1 Å². The normalized spacial score (nSPS) is 20.7. The maximum absolute atomic E-state index is 10.7. The van der Waals surface area contributed by atoms with Crippen molar-refractivity contribution in [3.8, 4) is 0 Å². The van der Waals surface area contributed by atoms with Crippen molar-refractivity contribution in [3.05, 3.63) is 28.3 Å². The Balaban J connectivity index is 1.62. The van der Waals surface area contributed by atoms with Crippen molar-refractivity contribution in [2.24, 2.45) is 0 Å². The lowest BCUT2D eigenvalue weighted by Crippen LogP contribution is -2.62. The van der Waals surface area contributed by atoms with Gasteiger partial charge < -0.3 is 16.0 Å². The monoisotopic (exact) mass is 277 g/mol. The molecular weight excluding hydrogens is 258 g/mol. The van der Waals surface area contributed by atoms with Gasteiger partial charge in [-0.25, -0.2) is 0 Å². The average Bonchev–Trinajstić information content (AvgIpc) is 2.38. The van der Waals surface area contributed by atoms with E-state index in [2.05, 4.69) is 15.1 Å². The van der Waals surface area contributed by atoms with Crippen LogP contribution in [0, 0.1) is 10.1 Å². The van der Waals surface area contributed by atoms with Crippen molar-refractivity contribution >= 4 is 17.1 Å². The SMILES string of the molecule is Nc1cc(N2CC(N3CCNCC3)C2)ccc1[N+](=O)[O-]. The molecule has 20 heavy (non-hydrogen) atoms. The summed E-state index contributed by atoms with van der Waals surface area (Å²) < 4.78 is 0. The fourth-order valence-electron chi connectivity index (χ4n) is 2.85. The standard InChI is InChI=1S/C13H19N5O2/c14-12-7-10(1-2-13(12)18(19)20)17-8-11(9-17)16-5-3-15-4-6-16/h1-2,7,11,15H,3-6,8-9,14H2. The molecular formula is C13H19N5O2. The van der Waals surface area contributed by atoms with Gasteiger partial charge >= 0.3 is 0 Å². The second-order valence-corrected chi connectivity index (χ2v) is 5.35. The van der Waals surface area contributed by atoms with Gasteiger partial charge in [0, 0.05) is 57.1 Å². The van der Waals surface area contributed by atoms with Gasteiger partial charge in [-0.3, -0.25) is 15.0 Å². The van der Waals surface area contributed by atoms with Gasteiger partial charge in [0.05, 0.1) is 4.92 Å². The van der Waals surface area contributed by atoms with Crippen LogP contribution < -0.4 is 16.0 Å². The first-order valence-electron chi connectivity index (χ1n) is 6.89. The summed E-state index contributed by atoms with van der Waals surface area (Å²) in [5.41, 5.74) is 6.92. The zero-order valence-corrected chi connectivity index (χ0v) is 11.3. The van der Waals surface area contributed by atoms with Crippen molar-refractivity contribution in [1.82, 2.24) is 10.2 Å². The number of nitro groups is 1. The number of nitrogens with one attached hydrogen (secondary N) is 1. The van der Waals surface area contributed by atoms with E-state index in [-0.39, 0.29) is 11.4 Å². The van der Waals surface area contributed by atoms with E-state index in [1.54, 1.807) is 12.1 Å². The molecule has 3 rings (SSSR count). The zero-order chi connectivity index (χ0) is 14.1. The first-order chi connectivity index (χ1) is 9.65. The number of nitro benzene ring substituents is 1. The summed E-state index contributed by atoms with van der Waals surface area (Å²) in [6.45, 7) is 6.25. The minimum atomic E-state index is -0.446. The van der Waals surface area contributed by atoms with Gasteiger partial charge in [0.1, 0.15) is 5.69 Å². The number of rotatable bonds is 3. The van der Waals surface area contributed by atoms with Crippen LogP contribution in [0.2, 0.25) is 0 Å². The number of nitrogens with two attached hydrogens (primary N) is 1. The van der Waals surface area contributed by atoms with Crippen LogP contribution in [0.3, 0.4) is 0 Å². The second kappa shape index (κ2) is 5.26. The number of anilines is 2. The van der Waals surface area contributed by atoms with Crippen molar-refractivity contribution in [3.63, 3.8) is 0 Å². The minimum Gasteiger partial charge on any atom is -0.393 e. The highest BCUT2D eigenvalue weighted by Gasteiger charge is 2.32. The van der Waals surface area contributed by atoms with Gasteiger partial charge in [0.2, 0.25) is 0 Å². The Kier molecular flexibility index (Phi) is 3.45. The van der Waals surface area contributed by atoms with Crippen LogP contribution in [0.4, 0.5) is 17.1 Å². The molecule has 1 aromatic rings. The Morgan fingerprint density at radius 2 is 2.00 bits per heavy atom. The van der Waals surface area contributed by atoms with Crippen molar-refractivity contribution in [2.45, 2.75) is 6.04 Å². The molecule has 2 heterocycles. The highest BCUT2D eigenvalue weighted by Crippen LogP contribution is 2.30. The fraction of sp³-hybridized carbons (Fsp3) is 0.538. The molecule has 7 heteroatoms. The summed E-state index contributed by atoms with van der Waals surface area (Å²) >= 11 is 0. The number of piperazine rings is 1. The quantitative estimate of drug-likeness (QED) is 0.468. The van der Waals surface area contributed by atoms with Crippen LogP contribution in [0.1, 0.15) is 0 Å². The van der Waals surface area contributed by atoms with Crippen LogP contribution in [0.15, 0.2) is 18.2 Å². The third-order valence-electron chi connectivity index (χ3n) is 4.10. The first-order valence-corrected chi connectivity index (χ1v) is 6.89. The summed E-state index contributed by atoms with van der Waals surface area (Å²) in [6.07, 6.45) is 0. The molecule has 1 aromatic carbocycles. The molecule has 0 saturated carbocycles. The Morgan fingerprint density at radius 3 is 2.60 bits per heavy atom. The molecule has 0 amide bonds. The molecule has 0 aromatic heterocycles. The smallest absolute Gasteiger partial charge is 0.292 e. The third-order valence-corrected chi connectivity index (χ3v) is 4.10. The van der Waals surface area contributed by atoms with Gasteiger partial charge in [-0.2, -0.15) is 0 Å². The summed E-state index contributed by atoms with van der Waals surface area (Å²) in [7, 11) is 0. The lowest BCUT2D eigenvalue weighted by Gasteiger charge is -2.48. The molecule has 0 atom stereocenters. The lowest BCUT2D eigenvalue weighted by molar-refractivity contribution is -0.383. The van der Waals surface area contributed by atoms with Crippen molar-refractivity contribution in [1.29, 1.82) is 0 Å². The van der Waals surface area contributed by atoms with Gasteiger partial charge in [-0.15, -0.1) is 0 Å². The number of nitrogen functional groups attached to an aromatic ring is 1. The van der Waals surface area contributed by atoms with E-state index in [1.165, 1.54) is 6.07 Å². The van der Waals surface area contributed by atoms with E-state index in [0.717, 1.165) is 45.0 Å². The van der Waals surface area contributed by atoms with Gasteiger partial charge in [0.15, 0.2) is 0 Å². The number of hydrogen-bond donors (Lipinski definition) is 2. The number of benzene rings is 1. The van der Waals surface area contributed by atoms with E-state index < -0.39 is 4.92 Å². The maximum Gasteiger partial charge on any atom is 0.292 e. The predicted octanol–water partition coefficient (Wildman–Crippen LogP) is 0.271. The van der Waals surface area contributed by atoms with Crippen molar-refractivity contribution in [2.75, 3.05) is 49.9 Å². The zero-order valence-electron chi connectivity index (χ0n) is 11.3. The van der Waals surface area contributed by atoms with E-state index in [1.807, 2.05) is 0 Å². The summed E-state index contributed by atoms with van der Waals surface area (Å²) in [5, 5.41) is 14.1. The molecule has 2 fully saturated rings. The van der Waals surface area contributed by atoms with Gasteiger partial charge in [0.25, 0.3) is 5.69 Å². The number of nitrogens with zero attached hydrogens (tertiary/aromatic N) is 3. The van der Waals surface area contributed by atoms with E-state index in [0.29, 0.717) is 6.04 Å². The second-order valence-electron chi connectivity index (χ2n) is 5.35. The highest BCUT2D eigenvalue weighted by molar-refractivity contribution is 5.67. The molecule has 0 aliphatic carbocycles. The third kappa shape index (κ3) is 2.41. The van der Waals surface area contributed by atoms with E-state index >= 15 is 0 Å². The molecule has 2 saturated heterocycles. The molecule has 7 nitrogen and oxygen atoms in total. The van der Waals surface area contributed by atoms with E-state index in [4.69, 9.17) is 5.73 Å². The van der Waals surface area contributed by atoms with Crippen LogP contribution >= 0.6 is 0 Å². The fourth-order valence-corrected chi connectivity index (χ4v) is 2.85. The molecule has 0 spiro atoms. The molecule has 108 valence electrons. The number of hydrogen-bond acceptors (Lipinski definition) is 6. The average molecular weight is 277 g/mol. The Labute approximate surface area is 117 Å². The Morgan fingerprint density at radius 1 is 1.30 bits per heavy atom. The summed E-state index contributed by atoms with van der Waals surface area (Å²) in [6, 6.07) is 5.56. The Bertz CT molecular complexity index is 509. The van der Waals surface area contributed by atoms with Gasteiger partial charge in [-0.1, -0.05) is 0 Å². The minimum absolute atomic E-state index is 0.0204. The molecule has 0 radical (unpaired) electrons. The summed E-state index contributed by atoms with van der Waals surface area (Å²) in [4.78, 5) is 15.0. The molecule has 3 N–H and O–H groups in total. The van der Waals surface area contributed by atoms with Crippen LogP contribution in [-0.2, 0) is 0 Å². The van der Waals surface area contributed by atoms with Crippen LogP contribution in [0.25, 0.3) is 0 Å². The molecule has 2 aliphatic rings. The maximum atomic E-state index is 10.7. The van der Waals surface area contributed by atoms with Gasteiger partial charge in [-0.05, 0) is 12.1 Å². The van der Waals surface area contributed by atoms with Crippen LogP contribution in [-0.4, -0.2) is 55.1 Å². The predicted molar refractivity (Wildman–Crippen MR) is 78.0 cm³/mol. The Hall–Kier alpha value is -1.86. The summed E-state index contributed by atoms with van der Waals surface area (Å²) in [5.74, 6) is 0. The topological polar surface area (TPSA) is 87.7 Å². The van der Waals surface area contributed by atoms with Crippen LogP contribution in [0.5, 0.6) is 0 Å². The first kappa shape index (κ1) is 13.1. The lowest BCUT2D eigenvalue weighted by atomic mass is 10.0. The highest BCUT2D eigenvalue weighted by atomic mass is 16.6. The molecule has 0 unspecified atom stereocenters.